The second kappa shape index (κ2) is 5.79. The molecular formula is C10H10F3NOS. The van der Waals surface area contributed by atoms with Gasteiger partial charge in [-0.2, -0.15) is 25.8 Å². The van der Waals surface area contributed by atoms with E-state index in [1.54, 1.807) is 18.2 Å². The van der Waals surface area contributed by atoms with E-state index in [9.17, 15) is 13.2 Å². The Morgan fingerprint density at radius 1 is 1.38 bits per heavy atom. The Morgan fingerprint density at radius 2 is 2.12 bits per heavy atom. The number of alkyl halides is 3. The van der Waals surface area contributed by atoms with Crippen LogP contribution in [0.1, 0.15) is 5.56 Å². The summed E-state index contributed by atoms with van der Waals surface area (Å²) in [6.45, 7) is -1.33. The van der Waals surface area contributed by atoms with Crippen LogP contribution in [-0.4, -0.2) is 23.5 Å². The van der Waals surface area contributed by atoms with Gasteiger partial charge in [0.1, 0.15) is 0 Å². The van der Waals surface area contributed by atoms with Crippen molar-refractivity contribution in [3.05, 3.63) is 30.0 Å². The Kier molecular flexibility index (Phi) is 4.67. The fourth-order valence-electron chi connectivity index (χ4n) is 0.920. The lowest BCUT2D eigenvalue weighted by atomic mass is 10.2. The minimum absolute atomic E-state index is 0.0413. The van der Waals surface area contributed by atoms with Crippen LogP contribution in [0.3, 0.4) is 0 Å². The van der Waals surface area contributed by atoms with Crippen LogP contribution in [0.2, 0.25) is 0 Å². The van der Waals surface area contributed by atoms with Gasteiger partial charge in [-0.15, -0.1) is 0 Å². The summed E-state index contributed by atoms with van der Waals surface area (Å²) >= 11 is 3.98. The van der Waals surface area contributed by atoms with Crippen LogP contribution in [0.4, 0.5) is 13.2 Å². The Balaban J connectivity index is 2.55. The third-order valence-electron chi connectivity index (χ3n) is 1.56. The molecule has 2 nitrogen and oxygen atoms in total. The van der Waals surface area contributed by atoms with Crippen LogP contribution in [0.15, 0.2) is 24.4 Å². The van der Waals surface area contributed by atoms with Gasteiger partial charge in [0.15, 0.2) is 6.61 Å². The molecule has 0 aliphatic heterocycles. The van der Waals surface area contributed by atoms with E-state index in [0.29, 0.717) is 5.75 Å². The van der Waals surface area contributed by atoms with Crippen molar-refractivity contribution < 1.29 is 17.9 Å². The van der Waals surface area contributed by atoms with E-state index in [1.165, 1.54) is 12.3 Å². The van der Waals surface area contributed by atoms with Gasteiger partial charge in [0, 0.05) is 18.0 Å². The fraction of sp³-hybridized carbons (Fsp3) is 0.300. The highest BCUT2D eigenvalue weighted by Gasteiger charge is 2.28. The lowest BCUT2D eigenvalue weighted by Gasteiger charge is -2.07. The molecule has 1 aromatic heterocycles. The molecular weight excluding hydrogens is 239 g/mol. The highest BCUT2D eigenvalue weighted by molar-refractivity contribution is 7.80. The van der Waals surface area contributed by atoms with Crippen LogP contribution in [0.5, 0.6) is 5.88 Å². The molecule has 0 aliphatic rings. The van der Waals surface area contributed by atoms with E-state index in [0.717, 1.165) is 5.56 Å². The summed E-state index contributed by atoms with van der Waals surface area (Å²) in [4.78, 5) is 3.74. The van der Waals surface area contributed by atoms with Crippen LogP contribution >= 0.6 is 12.6 Å². The molecule has 1 rings (SSSR count). The SMILES string of the molecule is FC(F)(F)COc1ccc(C=CCS)cn1. The van der Waals surface area contributed by atoms with Gasteiger partial charge in [0.2, 0.25) is 5.88 Å². The summed E-state index contributed by atoms with van der Waals surface area (Å²) in [5, 5.41) is 0. The molecule has 0 fully saturated rings. The summed E-state index contributed by atoms with van der Waals surface area (Å²) in [6, 6.07) is 3.02. The zero-order chi connectivity index (χ0) is 12.0. The third-order valence-corrected chi connectivity index (χ3v) is 1.77. The van der Waals surface area contributed by atoms with E-state index in [4.69, 9.17) is 0 Å². The predicted octanol–water partition coefficient (Wildman–Crippen LogP) is 2.97. The van der Waals surface area contributed by atoms with Gasteiger partial charge in [-0.3, -0.25) is 0 Å². The first-order valence-electron chi connectivity index (χ1n) is 4.44. The molecule has 0 N–H and O–H groups in total. The number of hydrogen-bond donors (Lipinski definition) is 1. The number of hydrogen-bond acceptors (Lipinski definition) is 3. The number of ether oxygens (including phenoxy) is 1. The molecule has 0 atom stereocenters. The third kappa shape index (κ3) is 5.06. The topological polar surface area (TPSA) is 22.1 Å². The van der Waals surface area contributed by atoms with Gasteiger partial charge in [-0.05, 0) is 11.6 Å². The van der Waals surface area contributed by atoms with Crippen molar-refractivity contribution in [3.63, 3.8) is 0 Å². The number of rotatable bonds is 4. The van der Waals surface area contributed by atoms with Gasteiger partial charge >= 0.3 is 6.18 Å². The van der Waals surface area contributed by atoms with Crippen LogP contribution in [0.25, 0.3) is 6.08 Å². The minimum Gasteiger partial charge on any atom is -0.468 e. The monoisotopic (exact) mass is 249 g/mol. The Morgan fingerprint density at radius 3 is 2.62 bits per heavy atom. The summed E-state index contributed by atoms with van der Waals surface area (Å²) in [5.41, 5.74) is 0.786. The lowest BCUT2D eigenvalue weighted by Crippen LogP contribution is -2.19. The highest BCUT2D eigenvalue weighted by atomic mass is 32.1. The van der Waals surface area contributed by atoms with Crippen molar-refractivity contribution >= 4 is 18.7 Å². The molecule has 16 heavy (non-hydrogen) atoms. The largest absolute Gasteiger partial charge is 0.468 e. The molecule has 0 radical (unpaired) electrons. The maximum Gasteiger partial charge on any atom is 0.422 e. The molecule has 0 unspecified atom stereocenters. The van der Waals surface area contributed by atoms with Crippen LogP contribution in [0, 0.1) is 0 Å². The second-order valence-electron chi connectivity index (χ2n) is 2.92. The lowest BCUT2D eigenvalue weighted by molar-refractivity contribution is -0.154. The quantitative estimate of drug-likeness (QED) is 0.829. The molecule has 0 aliphatic carbocycles. The van der Waals surface area contributed by atoms with E-state index < -0.39 is 12.8 Å². The number of nitrogens with zero attached hydrogens (tertiary/aromatic N) is 1. The van der Waals surface area contributed by atoms with Crippen molar-refractivity contribution in [1.29, 1.82) is 0 Å². The molecule has 0 spiro atoms. The Hall–Kier alpha value is -1.17. The molecule has 1 aromatic rings. The number of pyridine rings is 1. The first-order chi connectivity index (χ1) is 7.51. The molecule has 0 aromatic carbocycles. The molecule has 0 saturated carbocycles. The maximum absolute atomic E-state index is 11.8. The van der Waals surface area contributed by atoms with Gasteiger partial charge in [-0.1, -0.05) is 12.2 Å². The van der Waals surface area contributed by atoms with Crippen molar-refractivity contribution in [2.24, 2.45) is 0 Å². The average Bonchev–Trinajstić information content (AvgIpc) is 2.24. The van der Waals surface area contributed by atoms with E-state index >= 15 is 0 Å². The maximum atomic E-state index is 11.8. The van der Waals surface area contributed by atoms with Crippen molar-refractivity contribution in [1.82, 2.24) is 4.98 Å². The first-order valence-corrected chi connectivity index (χ1v) is 5.07. The number of thiol groups is 1. The molecule has 0 amide bonds. The fourth-order valence-corrected chi connectivity index (χ4v) is 1.03. The van der Waals surface area contributed by atoms with Gasteiger partial charge in [0.05, 0.1) is 0 Å². The minimum atomic E-state index is -4.34. The number of halogens is 3. The van der Waals surface area contributed by atoms with E-state index in [1.807, 2.05) is 0 Å². The average molecular weight is 249 g/mol. The Labute approximate surface area is 96.6 Å². The molecule has 88 valence electrons. The molecule has 0 bridgehead atoms. The zero-order valence-corrected chi connectivity index (χ0v) is 9.13. The first kappa shape index (κ1) is 12.9. The van der Waals surface area contributed by atoms with Gasteiger partial charge in [0.25, 0.3) is 0 Å². The summed E-state index contributed by atoms with van der Waals surface area (Å²) < 4.78 is 39.9. The smallest absolute Gasteiger partial charge is 0.422 e. The standard InChI is InChI=1S/C10H10F3NOS/c11-10(12,13)7-15-9-4-3-8(6-14-9)2-1-5-16/h1-4,6,16H,5,7H2. The molecule has 0 saturated heterocycles. The Bertz CT molecular complexity index is 348. The zero-order valence-electron chi connectivity index (χ0n) is 8.24. The van der Waals surface area contributed by atoms with Crippen molar-refractivity contribution in [3.8, 4) is 5.88 Å². The predicted molar refractivity (Wildman–Crippen MR) is 58.7 cm³/mol. The number of aromatic nitrogens is 1. The van der Waals surface area contributed by atoms with Gasteiger partial charge < -0.3 is 4.74 Å². The van der Waals surface area contributed by atoms with Crippen LogP contribution in [-0.2, 0) is 0 Å². The van der Waals surface area contributed by atoms with Gasteiger partial charge in [-0.25, -0.2) is 4.98 Å². The normalized spacial score (nSPS) is 12.0. The summed E-state index contributed by atoms with van der Waals surface area (Å²) in [6.07, 6.45) is 0.668. The molecule has 6 heteroatoms. The van der Waals surface area contributed by atoms with Crippen molar-refractivity contribution in [2.45, 2.75) is 6.18 Å². The summed E-state index contributed by atoms with van der Waals surface area (Å²) in [7, 11) is 0. The highest BCUT2D eigenvalue weighted by Crippen LogP contribution is 2.17. The van der Waals surface area contributed by atoms with E-state index in [2.05, 4.69) is 22.3 Å². The van der Waals surface area contributed by atoms with Crippen molar-refractivity contribution in [2.75, 3.05) is 12.4 Å². The molecule has 1 heterocycles. The van der Waals surface area contributed by atoms with Crippen LogP contribution < -0.4 is 4.74 Å². The second-order valence-corrected chi connectivity index (χ2v) is 3.28. The van der Waals surface area contributed by atoms with E-state index in [-0.39, 0.29) is 5.88 Å². The summed E-state index contributed by atoms with van der Waals surface area (Å²) in [5.74, 6) is 0.548.